The Bertz CT molecular complexity index is 625. The number of aromatic hydroxyl groups is 1. The zero-order valence-electron chi connectivity index (χ0n) is 8.38. The molecule has 90 valence electrons. The minimum atomic E-state index is -3.68. The molecule has 6 nitrogen and oxygen atoms in total. The first-order valence-electron chi connectivity index (χ1n) is 4.49. The molecule has 0 bridgehead atoms. The van der Waals surface area contributed by atoms with E-state index in [1.165, 1.54) is 30.6 Å². The Labute approximate surface area is 102 Å². The number of hydrogen-bond acceptors (Lipinski definition) is 4. The van der Waals surface area contributed by atoms with Gasteiger partial charge in [-0.05, 0) is 18.2 Å². The second-order valence-electron chi connectivity index (χ2n) is 3.21. The highest BCUT2D eigenvalue weighted by atomic mass is 35.5. The first kappa shape index (κ1) is 11.7. The molecule has 1 aromatic heterocycles. The molecule has 0 radical (unpaired) electrons. The predicted molar refractivity (Wildman–Crippen MR) is 62.5 cm³/mol. The van der Waals surface area contributed by atoms with E-state index in [4.69, 9.17) is 11.6 Å². The highest BCUT2D eigenvalue weighted by Gasteiger charge is 2.15. The predicted octanol–water partition coefficient (Wildman–Crippen LogP) is 1.57. The van der Waals surface area contributed by atoms with Crippen LogP contribution in [0.1, 0.15) is 0 Å². The third-order valence-corrected chi connectivity index (χ3v) is 3.63. The monoisotopic (exact) mass is 273 g/mol. The van der Waals surface area contributed by atoms with Crippen LogP contribution < -0.4 is 4.72 Å². The maximum absolute atomic E-state index is 11.8. The van der Waals surface area contributed by atoms with Gasteiger partial charge >= 0.3 is 0 Å². The molecule has 0 unspecified atom stereocenters. The molecule has 0 amide bonds. The summed E-state index contributed by atoms with van der Waals surface area (Å²) in [7, 11) is -3.68. The van der Waals surface area contributed by atoms with E-state index in [1.54, 1.807) is 0 Å². The van der Waals surface area contributed by atoms with Gasteiger partial charge < -0.3 is 5.11 Å². The summed E-state index contributed by atoms with van der Waals surface area (Å²) in [5.74, 6) is -0.113. The van der Waals surface area contributed by atoms with Crippen LogP contribution in [0.15, 0.2) is 35.5 Å². The number of nitrogens with one attached hydrogen (secondary N) is 2. The van der Waals surface area contributed by atoms with Crippen LogP contribution >= 0.6 is 11.6 Å². The Kier molecular flexibility index (Phi) is 2.95. The van der Waals surface area contributed by atoms with Crippen molar-refractivity contribution in [3.8, 4) is 5.75 Å². The van der Waals surface area contributed by atoms with Crippen LogP contribution in [0.25, 0.3) is 0 Å². The van der Waals surface area contributed by atoms with Crippen molar-refractivity contribution in [2.45, 2.75) is 4.90 Å². The molecule has 1 aromatic carbocycles. The lowest BCUT2D eigenvalue weighted by Gasteiger charge is -2.06. The molecular weight excluding hydrogens is 266 g/mol. The van der Waals surface area contributed by atoms with Crippen LogP contribution in [0.2, 0.25) is 5.02 Å². The summed E-state index contributed by atoms with van der Waals surface area (Å²) in [6.07, 6.45) is 2.44. The quantitative estimate of drug-likeness (QED) is 0.740. The van der Waals surface area contributed by atoms with Crippen LogP contribution in [-0.2, 0) is 10.0 Å². The van der Waals surface area contributed by atoms with E-state index in [0.717, 1.165) is 0 Å². The first-order valence-corrected chi connectivity index (χ1v) is 6.35. The van der Waals surface area contributed by atoms with Gasteiger partial charge in [-0.25, -0.2) is 8.42 Å². The van der Waals surface area contributed by atoms with Gasteiger partial charge in [0.2, 0.25) is 0 Å². The molecule has 8 heteroatoms. The van der Waals surface area contributed by atoms with Gasteiger partial charge in [-0.1, -0.05) is 11.6 Å². The number of sulfonamides is 1. The summed E-state index contributed by atoms with van der Waals surface area (Å²) in [5.41, 5.74) is 0.258. The number of rotatable bonds is 3. The number of H-pyrrole nitrogens is 1. The fourth-order valence-electron chi connectivity index (χ4n) is 1.17. The maximum atomic E-state index is 11.8. The van der Waals surface area contributed by atoms with Crippen molar-refractivity contribution in [2.75, 3.05) is 4.72 Å². The van der Waals surface area contributed by atoms with E-state index >= 15 is 0 Å². The molecule has 17 heavy (non-hydrogen) atoms. The second kappa shape index (κ2) is 4.27. The van der Waals surface area contributed by atoms with Crippen molar-refractivity contribution in [2.24, 2.45) is 0 Å². The third-order valence-electron chi connectivity index (χ3n) is 1.98. The van der Waals surface area contributed by atoms with Crippen LogP contribution in [0.3, 0.4) is 0 Å². The van der Waals surface area contributed by atoms with E-state index in [2.05, 4.69) is 14.9 Å². The fourth-order valence-corrected chi connectivity index (χ4v) is 2.31. The molecular formula is C9H8ClN3O3S. The maximum Gasteiger partial charge on any atom is 0.265 e. The molecule has 0 aliphatic heterocycles. The van der Waals surface area contributed by atoms with Gasteiger partial charge in [0, 0.05) is 6.20 Å². The average Bonchev–Trinajstić information content (AvgIpc) is 2.77. The van der Waals surface area contributed by atoms with Crippen molar-refractivity contribution < 1.29 is 13.5 Å². The molecule has 0 saturated carbocycles. The van der Waals surface area contributed by atoms with E-state index in [9.17, 15) is 13.5 Å². The molecule has 0 saturated heterocycles. The Hall–Kier alpha value is -1.73. The lowest BCUT2D eigenvalue weighted by Crippen LogP contribution is -2.12. The second-order valence-corrected chi connectivity index (χ2v) is 5.30. The molecule has 2 rings (SSSR count). The Morgan fingerprint density at radius 3 is 2.76 bits per heavy atom. The number of aromatic nitrogens is 2. The lowest BCUT2D eigenvalue weighted by atomic mass is 10.3. The Morgan fingerprint density at radius 1 is 1.41 bits per heavy atom. The number of aromatic amines is 1. The van der Waals surface area contributed by atoms with Crippen molar-refractivity contribution in [3.63, 3.8) is 0 Å². The van der Waals surface area contributed by atoms with Crippen LogP contribution in [0, 0.1) is 0 Å². The summed E-state index contributed by atoms with van der Waals surface area (Å²) in [6, 6.07) is 4.02. The summed E-state index contributed by atoms with van der Waals surface area (Å²) in [6.45, 7) is 0. The Balaban J connectivity index is 2.30. The van der Waals surface area contributed by atoms with E-state index in [1.807, 2.05) is 0 Å². The summed E-state index contributed by atoms with van der Waals surface area (Å²) >= 11 is 5.66. The van der Waals surface area contributed by atoms with Gasteiger partial charge in [-0.15, -0.1) is 0 Å². The normalized spacial score (nSPS) is 11.4. The largest absolute Gasteiger partial charge is 0.506 e. The molecule has 1 heterocycles. The van der Waals surface area contributed by atoms with Gasteiger partial charge in [-0.3, -0.25) is 9.82 Å². The molecule has 3 N–H and O–H groups in total. The van der Waals surface area contributed by atoms with Crippen molar-refractivity contribution >= 4 is 27.3 Å². The number of benzene rings is 1. The Morgan fingerprint density at radius 2 is 2.18 bits per heavy atom. The van der Waals surface area contributed by atoms with Crippen molar-refractivity contribution in [1.82, 2.24) is 10.2 Å². The first-order chi connectivity index (χ1) is 7.99. The number of nitrogens with zero attached hydrogens (tertiary/aromatic N) is 1. The van der Waals surface area contributed by atoms with Crippen LogP contribution in [-0.4, -0.2) is 23.7 Å². The molecule has 0 spiro atoms. The SMILES string of the molecule is O=S(=O)(Nc1ccc(O)c(Cl)c1)c1cn[nH]c1. The standard InChI is InChI=1S/C9H8ClN3O3S/c10-8-3-6(1-2-9(8)14)13-17(15,16)7-4-11-12-5-7/h1-5,13-14H,(H,11,12). The van der Waals surface area contributed by atoms with Crippen LogP contribution in [0.4, 0.5) is 5.69 Å². The highest BCUT2D eigenvalue weighted by Crippen LogP contribution is 2.27. The number of phenols is 1. The molecule has 0 fully saturated rings. The molecule has 0 atom stereocenters. The molecule has 0 aliphatic rings. The summed E-state index contributed by atoms with van der Waals surface area (Å²) < 4.78 is 25.9. The van der Waals surface area contributed by atoms with Crippen molar-refractivity contribution in [1.29, 1.82) is 0 Å². The van der Waals surface area contributed by atoms with Gasteiger partial charge in [0.1, 0.15) is 10.6 Å². The zero-order valence-corrected chi connectivity index (χ0v) is 9.96. The topological polar surface area (TPSA) is 95.1 Å². The number of phenolic OH excluding ortho intramolecular Hbond substituents is 1. The van der Waals surface area contributed by atoms with Crippen molar-refractivity contribution in [3.05, 3.63) is 35.6 Å². The molecule has 2 aromatic rings. The third kappa shape index (κ3) is 2.51. The minimum absolute atomic E-state index is 0.0155. The fraction of sp³-hybridized carbons (Fsp3) is 0. The highest BCUT2D eigenvalue weighted by molar-refractivity contribution is 7.92. The summed E-state index contributed by atoms with van der Waals surface area (Å²) in [4.78, 5) is 0.0155. The van der Waals surface area contributed by atoms with Gasteiger partial charge in [0.05, 0.1) is 16.9 Å². The smallest absolute Gasteiger partial charge is 0.265 e. The number of hydrogen-bond donors (Lipinski definition) is 3. The lowest BCUT2D eigenvalue weighted by molar-refractivity contribution is 0.475. The summed E-state index contributed by atoms with van der Waals surface area (Å²) in [5, 5.41) is 15.2. The van der Waals surface area contributed by atoms with Gasteiger partial charge in [0.25, 0.3) is 10.0 Å². The van der Waals surface area contributed by atoms with E-state index in [0.29, 0.717) is 0 Å². The minimum Gasteiger partial charge on any atom is -0.506 e. The van der Waals surface area contributed by atoms with Crippen LogP contribution in [0.5, 0.6) is 5.75 Å². The zero-order chi connectivity index (χ0) is 12.5. The van der Waals surface area contributed by atoms with E-state index in [-0.39, 0.29) is 21.4 Å². The van der Waals surface area contributed by atoms with Gasteiger partial charge in [0.15, 0.2) is 0 Å². The average molecular weight is 274 g/mol. The van der Waals surface area contributed by atoms with E-state index < -0.39 is 10.0 Å². The number of halogens is 1. The number of anilines is 1. The van der Waals surface area contributed by atoms with Gasteiger partial charge in [-0.2, -0.15) is 5.10 Å². The molecule has 0 aliphatic carbocycles.